The van der Waals surface area contributed by atoms with E-state index >= 15 is 0 Å². The second kappa shape index (κ2) is 10.0. The Hall–Kier alpha value is -3.45. The van der Waals surface area contributed by atoms with Crippen LogP contribution in [0.5, 0.6) is 5.75 Å². The van der Waals surface area contributed by atoms with Crippen LogP contribution in [0.4, 0.5) is 4.39 Å². The van der Waals surface area contributed by atoms with Crippen LogP contribution < -0.4 is 15.4 Å². The van der Waals surface area contributed by atoms with E-state index in [1.54, 1.807) is 0 Å². The summed E-state index contributed by atoms with van der Waals surface area (Å²) in [5.74, 6) is -0.582. The predicted octanol–water partition coefficient (Wildman–Crippen LogP) is 3.85. The zero-order valence-electron chi connectivity index (χ0n) is 18.7. The summed E-state index contributed by atoms with van der Waals surface area (Å²) in [5.41, 5.74) is 2.01. The summed E-state index contributed by atoms with van der Waals surface area (Å²) < 4.78 is 24.7. The van der Waals surface area contributed by atoms with E-state index in [1.807, 2.05) is 56.3 Å². The van der Waals surface area contributed by atoms with Gasteiger partial charge in [-0.1, -0.05) is 56.3 Å². The van der Waals surface area contributed by atoms with E-state index < -0.39 is 11.9 Å². The number of nitrogens with one attached hydrogen (secondary N) is 2. The summed E-state index contributed by atoms with van der Waals surface area (Å²) in [5, 5.41) is 7.83. The first-order valence-corrected chi connectivity index (χ1v) is 11.0. The third kappa shape index (κ3) is 5.49. The minimum atomic E-state index is -0.716. The lowest BCUT2D eigenvalue weighted by molar-refractivity contribution is -0.129. The Morgan fingerprint density at radius 3 is 2.64 bits per heavy atom. The van der Waals surface area contributed by atoms with E-state index in [0.29, 0.717) is 16.9 Å². The molecule has 33 heavy (non-hydrogen) atoms. The molecule has 0 aromatic heterocycles. The average Bonchev–Trinajstić information content (AvgIpc) is 2.80. The van der Waals surface area contributed by atoms with Crippen molar-refractivity contribution in [3.8, 4) is 5.75 Å². The normalized spacial score (nSPS) is 13.8. The van der Waals surface area contributed by atoms with Crippen molar-refractivity contribution in [2.24, 2.45) is 5.92 Å². The highest BCUT2D eigenvalue weighted by Crippen LogP contribution is 2.29. The maximum absolute atomic E-state index is 14.0. The van der Waals surface area contributed by atoms with Crippen molar-refractivity contribution in [2.45, 2.75) is 39.5 Å². The van der Waals surface area contributed by atoms with Crippen molar-refractivity contribution in [3.05, 3.63) is 77.1 Å². The molecule has 2 amide bonds. The van der Waals surface area contributed by atoms with Gasteiger partial charge in [0.2, 0.25) is 11.8 Å². The molecule has 1 heterocycles. The summed E-state index contributed by atoms with van der Waals surface area (Å²) in [4.78, 5) is 25.6. The number of carbonyl (C=O) groups is 2. The Kier molecular flexibility index (Phi) is 6.89. The summed E-state index contributed by atoms with van der Waals surface area (Å²) in [6.07, 6.45) is 0.173. The van der Waals surface area contributed by atoms with E-state index in [1.165, 1.54) is 12.1 Å². The summed E-state index contributed by atoms with van der Waals surface area (Å²) in [7, 11) is 0. The maximum Gasteiger partial charge on any atom is 0.243 e. The van der Waals surface area contributed by atoms with Gasteiger partial charge in [-0.3, -0.25) is 9.59 Å². The van der Waals surface area contributed by atoms with Gasteiger partial charge >= 0.3 is 0 Å². The number of benzene rings is 3. The molecule has 3 aromatic carbocycles. The Balaban J connectivity index is 1.40. The molecule has 0 saturated heterocycles. The number of rotatable bonds is 7. The monoisotopic (exact) mass is 450 g/mol. The molecule has 0 bridgehead atoms. The van der Waals surface area contributed by atoms with Gasteiger partial charge in [0, 0.05) is 17.7 Å². The van der Waals surface area contributed by atoms with E-state index in [-0.39, 0.29) is 44.1 Å². The highest BCUT2D eigenvalue weighted by Gasteiger charge is 2.25. The van der Waals surface area contributed by atoms with Gasteiger partial charge in [0.15, 0.2) is 6.79 Å². The molecule has 1 unspecified atom stereocenters. The molecule has 3 aromatic rings. The Bertz CT molecular complexity index is 1180. The molecule has 1 aliphatic heterocycles. The van der Waals surface area contributed by atoms with Crippen molar-refractivity contribution in [1.29, 1.82) is 0 Å². The van der Waals surface area contributed by atoms with Crippen LogP contribution in [0.15, 0.2) is 54.6 Å². The van der Waals surface area contributed by atoms with Crippen LogP contribution in [0.2, 0.25) is 0 Å². The van der Waals surface area contributed by atoms with E-state index in [0.717, 1.165) is 16.3 Å². The molecule has 1 atom stereocenters. The Labute approximate surface area is 192 Å². The summed E-state index contributed by atoms with van der Waals surface area (Å²) in [6, 6.07) is 15.8. The first-order valence-electron chi connectivity index (χ1n) is 11.0. The van der Waals surface area contributed by atoms with Crippen LogP contribution in [-0.2, 0) is 33.9 Å². The summed E-state index contributed by atoms with van der Waals surface area (Å²) in [6.45, 7) is 4.16. The van der Waals surface area contributed by atoms with Crippen molar-refractivity contribution >= 4 is 22.6 Å². The topological polar surface area (TPSA) is 76.7 Å². The smallest absolute Gasteiger partial charge is 0.243 e. The third-order valence-corrected chi connectivity index (χ3v) is 5.65. The van der Waals surface area contributed by atoms with Crippen LogP contribution in [-0.4, -0.2) is 24.6 Å². The maximum atomic E-state index is 14.0. The molecule has 0 saturated carbocycles. The largest absolute Gasteiger partial charge is 0.467 e. The fourth-order valence-electron chi connectivity index (χ4n) is 3.97. The number of carbonyl (C=O) groups excluding carboxylic acids is 2. The standard InChI is InChI=1S/C26H27FN2O4/c1-16(2)24(29-23(30)10-17-7-8-18-5-3-4-6-19(18)9-17)26(31)28-13-20-11-22(27)12-21-14-32-15-33-25(20)21/h3-9,11-12,16,24H,10,13-15H2,1-2H3,(H,28,31)(H,29,30). The Morgan fingerprint density at radius 2 is 1.85 bits per heavy atom. The molecule has 7 heteroatoms. The first kappa shape index (κ1) is 22.7. The fraction of sp³-hybridized carbons (Fsp3) is 0.308. The van der Waals surface area contributed by atoms with Gasteiger partial charge in [0.05, 0.1) is 13.0 Å². The Morgan fingerprint density at radius 1 is 1.06 bits per heavy atom. The van der Waals surface area contributed by atoms with Gasteiger partial charge in [-0.15, -0.1) is 0 Å². The van der Waals surface area contributed by atoms with Gasteiger partial charge in [-0.05, 0) is 34.4 Å². The highest BCUT2D eigenvalue weighted by atomic mass is 19.1. The number of hydrogen-bond acceptors (Lipinski definition) is 4. The van der Waals surface area contributed by atoms with Crippen molar-refractivity contribution in [3.63, 3.8) is 0 Å². The fourth-order valence-corrected chi connectivity index (χ4v) is 3.97. The number of halogens is 1. The third-order valence-electron chi connectivity index (χ3n) is 5.65. The molecular formula is C26H27FN2O4. The molecule has 1 aliphatic rings. The van der Waals surface area contributed by atoms with E-state index in [9.17, 15) is 14.0 Å². The first-order chi connectivity index (χ1) is 15.9. The molecule has 0 spiro atoms. The number of fused-ring (bicyclic) bond motifs is 2. The molecule has 172 valence electrons. The van der Waals surface area contributed by atoms with Crippen molar-refractivity contribution < 1.29 is 23.5 Å². The zero-order valence-corrected chi connectivity index (χ0v) is 18.7. The molecule has 0 radical (unpaired) electrons. The lowest BCUT2D eigenvalue weighted by Crippen LogP contribution is -2.50. The second-order valence-corrected chi connectivity index (χ2v) is 8.53. The molecular weight excluding hydrogens is 423 g/mol. The predicted molar refractivity (Wildman–Crippen MR) is 123 cm³/mol. The second-order valence-electron chi connectivity index (χ2n) is 8.53. The van der Waals surface area contributed by atoms with Crippen molar-refractivity contribution in [1.82, 2.24) is 10.6 Å². The summed E-state index contributed by atoms with van der Waals surface area (Å²) >= 11 is 0. The van der Waals surface area contributed by atoms with Crippen LogP contribution in [0.25, 0.3) is 10.8 Å². The molecule has 0 aliphatic carbocycles. The van der Waals surface area contributed by atoms with Crippen molar-refractivity contribution in [2.75, 3.05) is 6.79 Å². The van der Waals surface area contributed by atoms with Crippen LogP contribution in [0.3, 0.4) is 0 Å². The number of ether oxygens (including phenoxy) is 2. The molecule has 0 fully saturated rings. The SMILES string of the molecule is CC(C)C(NC(=O)Cc1ccc2ccccc2c1)C(=O)NCc1cc(F)cc2c1OCOC2. The van der Waals surface area contributed by atoms with Gasteiger partial charge in [-0.2, -0.15) is 0 Å². The average molecular weight is 451 g/mol. The minimum absolute atomic E-state index is 0.0824. The highest BCUT2D eigenvalue weighted by molar-refractivity contribution is 5.89. The number of hydrogen-bond donors (Lipinski definition) is 2. The lowest BCUT2D eigenvalue weighted by Gasteiger charge is -2.24. The van der Waals surface area contributed by atoms with Gasteiger partial charge < -0.3 is 20.1 Å². The quantitative estimate of drug-likeness (QED) is 0.573. The molecule has 4 rings (SSSR count). The van der Waals surface area contributed by atoms with Gasteiger partial charge in [-0.25, -0.2) is 4.39 Å². The molecule has 6 nitrogen and oxygen atoms in total. The zero-order chi connectivity index (χ0) is 23.4. The number of amides is 2. The van der Waals surface area contributed by atoms with Gasteiger partial charge in [0.1, 0.15) is 17.6 Å². The lowest BCUT2D eigenvalue weighted by atomic mass is 10.0. The van der Waals surface area contributed by atoms with Crippen LogP contribution >= 0.6 is 0 Å². The van der Waals surface area contributed by atoms with E-state index in [2.05, 4.69) is 10.6 Å². The minimum Gasteiger partial charge on any atom is -0.467 e. The van der Waals surface area contributed by atoms with Gasteiger partial charge in [0.25, 0.3) is 0 Å². The van der Waals surface area contributed by atoms with Crippen LogP contribution in [0.1, 0.15) is 30.5 Å². The van der Waals surface area contributed by atoms with Crippen LogP contribution in [0, 0.1) is 11.7 Å². The van der Waals surface area contributed by atoms with E-state index in [4.69, 9.17) is 9.47 Å². The molecule has 2 N–H and O–H groups in total.